The van der Waals surface area contributed by atoms with E-state index in [9.17, 15) is 18.0 Å². The van der Waals surface area contributed by atoms with Crippen molar-refractivity contribution >= 4 is 40.0 Å². The third-order valence-electron chi connectivity index (χ3n) is 4.08. The van der Waals surface area contributed by atoms with Gasteiger partial charge >= 0.3 is 6.18 Å². The molecule has 2 aromatic rings. The van der Waals surface area contributed by atoms with Crippen molar-refractivity contribution in [1.82, 2.24) is 0 Å². The van der Waals surface area contributed by atoms with E-state index in [2.05, 4.69) is 4.99 Å². The number of alkyl halides is 3. The molecule has 0 amide bonds. The first-order valence-corrected chi connectivity index (χ1v) is 9.55. The molecule has 2 nitrogen and oxygen atoms in total. The van der Waals surface area contributed by atoms with Gasteiger partial charge in [-0.15, -0.1) is 0 Å². The zero-order valence-electron chi connectivity index (χ0n) is 13.2. The number of nitrogens with zero attached hydrogens (tertiary/aromatic N) is 1. The van der Waals surface area contributed by atoms with E-state index in [1.807, 2.05) is 6.92 Å². The van der Waals surface area contributed by atoms with Gasteiger partial charge in [0.15, 0.2) is 0 Å². The molecular formula is C18H15ClF3NOS. The second-order valence-electron chi connectivity index (χ2n) is 5.85. The molecule has 1 aliphatic rings. The Hall–Kier alpha value is -1.79. The zero-order valence-corrected chi connectivity index (χ0v) is 14.9. The number of rotatable bonds is 3. The standard InChI is InChI=1S/C18H15ClF3NOS/c1-11-6-14(19)7-15-16(8-24)25(10-23-17(11)15)9-12-2-4-13(5-3-12)18(20,21)22/h2-8,10,16,25H,9H2,1H3. The number of fused-ring (bicyclic) bond motifs is 1. The summed E-state index contributed by atoms with van der Waals surface area (Å²) in [5.41, 5.74) is 4.29. The second kappa shape index (κ2) is 6.84. The van der Waals surface area contributed by atoms with E-state index in [-0.39, 0.29) is 5.25 Å². The summed E-state index contributed by atoms with van der Waals surface area (Å²) in [5, 5.41) is 0.187. The zero-order chi connectivity index (χ0) is 18.2. The number of thiol groups is 1. The predicted octanol–water partition coefficient (Wildman–Crippen LogP) is 5.78. The quantitative estimate of drug-likeness (QED) is 0.526. The lowest BCUT2D eigenvalue weighted by Gasteiger charge is -2.29. The highest BCUT2D eigenvalue weighted by Crippen LogP contribution is 2.50. The Morgan fingerprint density at radius 1 is 1.24 bits per heavy atom. The largest absolute Gasteiger partial charge is 0.416 e. The van der Waals surface area contributed by atoms with Crippen LogP contribution in [0.2, 0.25) is 5.02 Å². The van der Waals surface area contributed by atoms with Crippen LogP contribution in [0.25, 0.3) is 0 Å². The van der Waals surface area contributed by atoms with Gasteiger partial charge < -0.3 is 4.79 Å². The van der Waals surface area contributed by atoms with E-state index in [1.165, 1.54) is 12.1 Å². The molecule has 0 fully saturated rings. The van der Waals surface area contributed by atoms with Crippen LogP contribution in [0.4, 0.5) is 18.9 Å². The van der Waals surface area contributed by atoms with Crippen LogP contribution in [0, 0.1) is 6.92 Å². The monoisotopic (exact) mass is 385 g/mol. The molecule has 0 aromatic heterocycles. The van der Waals surface area contributed by atoms with Gasteiger partial charge in [-0.25, -0.2) is 0 Å². The normalized spacial score (nSPS) is 21.0. The van der Waals surface area contributed by atoms with E-state index >= 15 is 0 Å². The first kappa shape index (κ1) is 18.0. The van der Waals surface area contributed by atoms with Gasteiger partial charge in [0.05, 0.1) is 16.5 Å². The van der Waals surface area contributed by atoms with Crippen molar-refractivity contribution in [2.45, 2.75) is 24.1 Å². The number of carbonyl (C=O) groups is 1. The fraction of sp³-hybridized carbons (Fsp3) is 0.222. The minimum Gasteiger partial charge on any atom is -0.302 e. The molecule has 0 saturated heterocycles. The highest BCUT2D eigenvalue weighted by atomic mass is 35.5. The average molecular weight is 386 g/mol. The summed E-state index contributed by atoms with van der Waals surface area (Å²) in [7, 11) is -0.960. The molecule has 2 atom stereocenters. The third kappa shape index (κ3) is 3.75. The minimum atomic E-state index is -4.35. The summed E-state index contributed by atoms with van der Waals surface area (Å²) in [6, 6.07) is 8.59. The molecule has 3 rings (SSSR count). The van der Waals surface area contributed by atoms with Gasteiger partial charge in [0.1, 0.15) is 6.29 Å². The smallest absolute Gasteiger partial charge is 0.302 e. The van der Waals surface area contributed by atoms with Crippen molar-refractivity contribution in [3.8, 4) is 0 Å². The van der Waals surface area contributed by atoms with Crippen LogP contribution in [0.1, 0.15) is 27.5 Å². The maximum absolute atomic E-state index is 12.7. The molecule has 0 spiro atoms. The summed E-state index contributed by atoms with van der Waals surface area (Å²) in [5.74, 6) is 0.491. The van der Waals surface area contributed by atoms with Crippen molar-refractivity contribution in [1.29, 1.82) is 0 Å². The van der Waals surface area contributed by atoms with Gasteiger partial charge in [-0.1, -0.05) is 23.7 Å². The molecule has 132 valence electrons. The Morgan fingerprint density at radius 3 is 2.52 bits per heavy atom. The predicted molar refractivity (Wildman–Crippen MR) is 97.3 cm³/mol. The van der Waals surface area contributed by atoms with Gasteiger partial charge in [-0.3, -0.25) is 4.99 Å². The topological polar surface area (TPSA) is 29.4 Å². The van der Waals surface area contributed by atoms with Crippen molar-refractivity contribution in [3.05, 3.63) is 63.7 Å². The number of benzene rings is 2. The maximum atomic E-state index is 12.7. The van der Waals surface area contributed by atoms with E-state index in [4.69, 9.17) is 11.6 Å². The van der Waals surface area contributed by atoms with Gasteiger partial charge in [0.2, 0.25) is 0 Å². The number of aryl methyl sites for hydroxylation is 1. The third-order valence-corrected chi connectivity index (χ3v) is 6.56. The molecule has 0 radical (unpaired) electrons. The van der Waals surface area contributed by atoms with Crippen molar-refractivity contribution < 1.29 is 18.0 Å². The molecule has 0 saturated carbocycles. The minimum absolute atomic E-state index is 0.359. The summed E-state index contributed by atoms with van der Waals surface area (Å²) in [4.78, 5) is 16.2. The summed E-state index contributed by atoms with van der Waals surface area (Å²) >= 11 is 6.11. The van der Waals surface area contributed by atoms with E-state index < -0.39 is 22.6 Å². The fourth-order valence-electron chi connectivity index (χ4n) is 2.85. The number of aldehydes is 1. The summed E-state index contributed by atoms with van der Waals surface area (Å²) in [6.07, 6.45) is -3.47. The van der Waals surface area contributed by atoms with Gasteiger partial charge in [-0.05, 0) is 47.9 Å². The van der Waals surface area contributed by atoms with Crippen molar-refractivity contribution in [3.63, 3.8) is 0 Å². The van der Waals surface area contributed by atoms with Gasteiger partial charge in [-0.2, -0.15) is 24.1 Å². The van der Waals surface area contributed by atoms with Crippen LogP contribution in [0.3, 0.4) is 0 Å². The van der Waals surface area contributed by atoms with Gasteiger partial charge in [0.25, 0.3) is 0 Å². The van der Waals surface area contributed by atoms with E-state index in [1.54, 1.807) is 17.7 Å². The van der Waals surface area contributed by atoms with Crippen LogP contribution in [0.15, 0.2) is 41.4 Å². The highest BCUT2D eigenvalue weighted by Gasteiger charge is 2.30. The molecule has 0 N–H and O–H groups in total. The Kier molecular flexibility index (Phi) is 4.93. The molecule has 7 heteroatoms. The summed E-state index contributed by atoms with van der Waals surface area (Å²) in [6.45, 7) is 1.88. The number of aliphatic imine (C=N–C) groups is 1. The molecule has 25 heavy (non-hydrogen) atoms. The van der Waals surface area contributed by atoms with Crippen LogP contribution in [0.5, 0.6) is 0 Å². The average Bonchev–Trinajstić information content (AvgIpc) is 2.54. The Bertz CT molecular complexity index is 833. The Balaban J connectivity index is 1.88. The van der Waals surface area contributed by atoms with Crippen LogP contribution >= 0.6 is 22.5 Å². The highest BCUT2D eigenvalue weighted by molar-refractivity contribution is 8.28. The van der Waals surface area contributed by atoms with Crippen LogP contribution < -0.4 is 0 Å². The number of carbonyl (C=O) groups excluding carboxylic acids is 1. The second-order valence-corrected chi connectivity index (χ2v) is 8.42. The van der Waals surface area contributed by atoms with Crippen LogP contribution in [-0.4, -0.2) is 11.8 Å². The maximum Gasteiger partial charge on any atom is 0.416 e. The first-order valence-electron chi connectivity index (χ1n) is 7.51. The number of hydrogen-bond acceptors (Lipinski definition) is 2. The van der Waals surface area contributed by atoms with E-state index in [0.29, 0.717) is 10.8 Å². The molecule has 2 aromatic carbocycles. The van der Waals surface area contributed by atoms with Crippen molar-refractivity contribution in [2.75, 3.05) is 0 Å². The molecule has 0 bridgehead atoms. The lowest BCUT2D eigenvalue weighted by Crippen LogP contribution is -2.10. The van der Waals surface area contributed by atoms with E-state index in [0.717, 1.165) is 40.8 Å². The Labute approximate surface area is 151 Å². The van der Waals surface area contributed by atoms with Gasteiger partial charge in [0, 0.05) is 16.3 Å². The Morgan fingerprint density at radius 2 is 1.92 bits per heavy atom. The molecular weight excluding hydrogens is 371 g/mol. The first-order chi connectivity index (χ1) is 11.8. The summed E-state index contributed by atoms with van der Waals surface area (Å²) < 4.78 is 38.0. The van der Waals surface area contributed by atoms with Crippen molar-refractivity contribution in [2.24, 2.45) is 4.99 Å². The molecule has 0 aliphatic carbocycles. The lowest BCUT2D eigenvalue weighted by molar-refractivity contribution is -0.137. The number of halogens is 4. The fourth-order valence-corrected chi connectivity index (χ4v) is 5.16. The SMILES string of the molecule is Cc1cc(Cl)cc2c1N=C[SH](Cc1ccc(C(F)(F)F)cc1)C2C=O. The molecule has 2 unspecified atom stereocenters. The lowest BCUT2D eigenvalue weighted by atomic mass is 10.1. The van der Waals surface area contributed by atoms with Crippen LogP contribution in [-0.2, 0) is 16.7 Å². The molecule has 1 heterocycles. The molecule has 1 aliphatic heterocycles. The number of hydrogen-bond donors (Lipinski definition) is 1.